The Labute approximate surface area is 325 Å². The maximum atomic E-state index is 12.2. The second-order valence-electron chi connectivity index (χ2n) is 15.5. The first kappa shape index (κ1) is 50.6. The maximum Gasteiger partial charge on any atom is 0.306 e. The molecule has 0 bridgehead atoms. The van der Waals surface area contributed by atoms with Crippen LogP contribution < -0.4 is 0 Å². The number of ether oxygens (including phenoxy) is 2. The molecule has 0 amide bonds. The van der Waals surface area contributed by atoms with Crippen LogP contribution in [0.4, 0.5) is 0 Å². The van der Waals surface area contributed by atoms with Crippen LogP contribution in [0.5, 0.6) is 0 Å². The lowest BCUT2D eigenvalue weighted by molar-refractivity contribution is -0.154. The predicted octanol–water partition coefficient (Wildman–Crippen LogP) is 15.3. The molecule has 0 aromatic heterocycles. The van der Waals surface area contributed by atoms with Crippen molar-refractivity contribution in [3.05, 3.63) is 36.5 Å². The van der Waals surface area contributed by atoms with Gasteiger partial charge < -0.3 is 14.6 Å². The van der Waals surface area contributed by atoms with Gasteiger partial charge in [0.1, 0.15) is 6.10 Å². The summed E-state index contributed by atoms with van der Waals surface area (Å²) in [4.78, 5) is 12.2. The number of hydrogen-bond acceptors (Lipinski definition) is 4. The highest BCUT2D eigenvalue weighted by atomic mass is 16.6. The average Bonchev–Trinajstić information content (AvgIpc) is 3.15. The molecule has 0 heterocycles. The zero-order valence-electron chi connectivity index (χ0n) is 35.1. The molecule has 1 N–H and O–H groups in total. The molecule has 0 rings (SSSR count). The molecule has 0 saturated carbocycles. The Kier molecular flexibility index (Phi) is 44.5. The minimum Gasteiger partial charge on any atom is -0.457 e. The third-order valence-electron chi connectivity index (χ3n) is 10.2. The van der Waals surface area contributed by atoms with Gasteiger partial charge in [0.15, 0.2) is 0 Å². The Morgan fingerprint density at radius 3 is 1.23 bits per heavy atom. The van der Waals surface area contributed by atoms with Crippen molar-refractivity contribution in [3.8, 4) is 0 Å². The summed E-state index contributed by atoms with van der Waals surface area (Å²) in [7, 11) is 0. The van der Waals surface area contributed by atoms with Gasteiger partial charge in [-0.15, -0.1) is 0 Å². The molecular formula is C48H90O4. The number of carbonyl (C=O) groups excluding carboxylic acids is 1. The summed E-state index contributed by atoms with van der Waals surface area (Å²) in [5.74, 6) is -0.203. The van der Waals surface area contributed by atoms with Crippen LogP contribution >= 0.6 is 0 Å². The summed E-state index contributed by atoms with van der Waals surface area (Å²) < 4.78 is 11.2. The van der Waals surface area contributed by atoms with Crippen molar-refractivity contribution in [2.45, 2.75) is 245 Å². The lowest BCUT2D eigenvalue weighted by atomic mass is 10.0. The molecule has 1 atom stereocenters. The summed E-state index contributed by atoms with van der Waals surface area (Å²) in [6.07, 6.45) is 57.9. The first-order valence-electron chi connectivity index (χ1n) is 23.1. The number of rotatable bonds is 43. The van der Waals surface area contributed by atoms with Gasteiger partial charge in [-0.25, -0.2) is 0 Å². The normalized spacial score (nSPS) is 12.6. The van der Waals surface area contributed by atoms with Gasteiger partial charge >= 0.3 is 5.97 Å². The SMILES string of the molecule is CCCCCC/C=C\C/C=C\CCCCCCCCOCC(CO)OC(=O)CCCCCCCCCCCCC/C=C\CCCCCCCCCC. The van der Waals surface area contributed by atoms with E-state index < -0.39 is 6.10 Å². The maximum absolute atomic E-state index is 12.2. The van der Waals surface area contributed by atoms with Crippen molar-refractivity contribution in [2.24, 2.45) is 0 Å². The van der Waals surface area contributed by atoms with Crippen LogP contribution in [0.15, 0.2) is 36.5 Å². The molecule has 306 valence electrons. The number of unbranched alkanes of at least 4 members (excludes halogenated alkanes) is 29. The van der Waals surface area contributed by atoms with Crippen LogP contribution in [0, 0.1) is 0 Å². The monoisotopic (exact) mass is 731 g/mol. The van der Waals surface area contributed by atoms with Crippen molar-refractivity contribution in [2.75, 3.05) is 19.8 Å². The van der Waals surface area contributed by atoms with Gasteiger partial charge in [-0.3, -0.25) is 4.79 Å². The number of esters is 1. The fourth-order valence-electron chi connectivity index (χ4n) is 6.71. The number of aliphatic hydroxyl groups is 1. The van der Waals surface area contributed by atoms with E-state index >= 15 is 0 Å². The van der Waals surface area contributed by atoms with Gasteiger partial charge in [0, 0.05) is 13.0 Å². The largest absolute Gasteiger partial charge is 0.457 e. The number of carbonyl (C=O) groups is 1. The average molecular weight is 731 g/mol. The molecule has 0 aromatic rings. The van der Waals surface area contributed by atoms with E-state index in [2.05, 4.69) is 50.3 Å². The van der Waals surface area contributed by atoms with Crippen molar-refractivity contribution in [1.29, 1.82) is 0 Å². The zero-order valence-corrected chi connectivity index (χ0v) is 35.1. The Hall–Kier alpha value is -1.39. The van der Waals surface area contributed by atoms with Crippen LogP contribution in [0.3, 0.4) is 0 Å². The molecule has 1 unspecified atom stereocenters. The summed E-state index contributed by atoms with van der Waals surface area (Å²) in [5.41, 5.74) is 0. The van der Waals surface area contributed by atoms with Gasteiger partial charge in [-0.2, -0.15) is 0 Å². The van der Waals surface area contributed by atoms with E-state index in [0.29, 0.717) is 19.6 Å². The standard InChI is InChI=1S/C48H90O4/c1-3-5-7-9-11-13-15-17-19-21-22-23-24-25-26-27-29-31-33-35-37-39-41-43-48(50)52-47(45-49)46-51-44-42-40-38-36-34-32-30-28-20-18-16-14-12-10-8-6-4-2/h14,16,20-22,28,47,49H,3-13,15,17-19,23-27,29-46H2,1-2H3/b16-14-,22-21-,28-20-. The van der Waals surface area contributed by atoms with Gasteiger partial charge in [-0.1, -0.05) is 198 Å². The van der Waals surface area contributed by atoms with Gasteiger partial charge in [0.05, 0.1) is 13.2 Å². The van der Waals surface area contributed by atoms with Crippen molar-refractivity contribution in [1.82, 2.24) is 0 Å². The highest BCUT2D eigenvalue weighted by Crippen LogP contribution is 2.14. The first-order valence-corrected chi connectivity index (χ1v) is 23.1. The second kappa shape index (κ2) is 45.8. The van der Waals surface area contributed by atoms with E-state index in [1.807, 2.05) is 0 Å². The highest BCUT2D eigenvalue weighted by Gasteiger charge is 2.13. The van der Waals surface area contributed by atoms with Crippen LogP contribution in [0.1, 0.15) is 239 Å². The van der Waals surface area contributed by atoms with E-state index in [9.17, 15) is 9.90 Å². The van der Waals surface area contributed by atoms with Crippen LogP contribution in [0.2, 0.25) is 0 Å². The van der Waals surface area contributed by atoms with Gasteiger partial charge in [0.25, 0.3) is 0 Å². The molecule has 0 radical (unpaired) electrons. The molecule has 0 fully saturated rings. The van der Waals surface area contributed by atoms with E-state index in [0.717, 1.165) is 25.7 Å². The lowest BCUT2D eigenvalue weighted by Gasteiger charge is -2.15. The smallest absolute Gasteiger partial charge is 0.306 e. The molecule has 4 heteroatoms. The summed E-state index contributed by atoms with van der Waals surface area (Å²) in [5, 5.41) is 9.62. The third-order valence-corrected chi connectivity index (χ3v) is 10.2. The number of hydrogen-bond donors (Lipinski definition) is 1. The molecule has 4 nitrogen and oxygen atoms in total. The van der Waals surface area contributed by atoms with E-state index in [1.165, 1.54) is 193 Å². The van der Waals surface area contributed by atoms with Gasteiger partial charge in [-0.05, 0) is 70.6 Å². The molecular weight excluding hydrogens is 641 g/mol. The van der Waals surface area contributed by atoms with Crippen molar-refractivity contribution >= 4 is 5.97 Å². The quantitative estimate of drug-likeness (QED) is 0.0385. The van der Waals surface area contributed by atoms with E-state index in [4.69, 9.17) is 9.47 Å². The molecule has 0 aliphatic heterocycles. The number of aliphatic hydroxyl groups excluding tert-OH is 1. The highest BCUT2D eigenvalue weighted by molar-refractivity contribution is 5.69. The Bertz CT molecular complexity index is 772. The van der Waals surface area contributed by atoms with E-state index in [-0.39, 0.29) is 12.6 Å². The van der Waals surface area contributed by atoms with Gasteiger partial charge in [0.2, 0.25) is 0 Å². The Morgan fingerprint density at radius 2 is 0.808 bits per heavy atom. The van der Waals surface area contributed by atoms with E-state index in [1.54, 1.807) is 0 Å². The third kappa shape index (κ3) is 43.0. The minimum absolute atomic E-state index is 0.175. The second-order valence-corrected chi connectivity index (χ2v) is 15.5. The zero-order chi connectivity index (χ0) is 37.7. The predicted molar refractivity (Wildman–Crippen MR) is 228 cm³/mol. The fraction of sp³-hybridized carbons (Fsp3) is 0.854. The van der Waals surface area contributed by atoms with Crippen molar-refractivity contribution < 1.29 is 19.4 Å². The Morgan fingerprint density at radius 1 is 0.462 bits per heavy atom. The molecule has 0 aromatic carbocycles. The minimum atomic E-state index is -0.539. The summed E-state index contributed by atoms with van der Waals surface area (Å²) >= 11 is 0. The molecule has 0 spiro atoms. The molecule has 0 aliphatic carbocycles. The van der Waals surface area contributed by atoms with Crippen LogP contribution in [-0.2, 0) is 14.3 Å². The summed E-state index contributed by atoms with van der Waals surface area (Å²) in [6, 6.07) is 0. The topological polar surface area (TPSA) is 55.8 Å². The molecule has 0 aliphatic rings. The first-order chi connectivity index (χ1) is 25.7. The van der Waals surface area contributed by atoms with Crippen LogP contribution in [0.25, 0.3) is 0 Å². The lowest BCUT2D eigenvalue weighted by Crippen LogP contribution is -2.27. The van der Waals surface area contributed by atoms with Crippen LogP contribution in [-0.4, -0.2) is 37.0 Å². The fourth-order valence-corrected chi connectivity index (χ4v) is 6.71. The number of allylic oxidation sites excluding steroid dienone is 6. The molecule has 52 heavy (non-hydrogen) atoms. The Balaban J connectivity index is 3.41. The summed E-state index contributed by atoms with van der Waals surface area (Å²) in [6.45, 7) is 5.33. The molecule has 0 saturated heterocycles. The van der Waals surface area contributed by atoms with Crippen molar-refractivity contribution in [3.63, 3.8) is 0 Å².